The van der Waals surface area contributed by atoms with E-state index < -0.39 is 0 Å². The second-order valence-corrected chi connectivity index (χ2v) is 2.17. The Morgan fingerprint density at radius 2 is 0.526 bits per heavy atom. The molecule has 1 aromatic rings. The Labute approximate surface area is 112 Å². The van der Waals surface area contributed by atoms with Crippen LogP contribution in [0.4, 0.5) is 0 Å². The molecule has 19 heavy (non-hydrogen) atoms. The van der Waals surface area contributed by atoms with Crippen molar-refractivity contribution in [3.8, 4) is 0 Å². The molecule has 0 aliphatic rings. The fraction of sp³-hybridized carbons (Fsp3) is 0. The Balaban J connectivity index is 3.01. The fourth-order valence-corrected chi connectivity index (χ4v) is 0.512. The Bertz CT molecular complexity index is 323. The lowest BCUT2D eigenvalue weighted by molar-refractivity contribution is 0.496. The van der Waals surface area contributed by atoms with E-state index in [1.807, 2.05) is 0 Å². The van der Waals surface area contributed by atoms with Gasteiger partial charge in [0.05, 0.1) is 0 Å². The van der Waals surface area contributed by atoms with Crippen molar-refractivity contribution in [2.24, 2.45) is 0 Å². The first-order valence-electron chi connectivity index (χ1n) is 4.47. The molecule has 0 unspecified atom stereocenters. The number of hydrogen-bond donors (Lipinski definition) is 0. The summed E-state index contributed by atoms with van der Waals surface area (Å²) in [7, 11) is 0. The summed E-state index contributed by atoms with van der Waals surface area (Å²) in [5.74, 6) is 0. The molecule has 0 amide bonds. The molecule has 0 atom stereocenters. The Morgan fingerprint density at radius 3 is 0.895 bits per heavy atom. The van der Waals surface area contributed by atoms with E-state index in [1.165, 1.54) is 0 Å². The van der Waals surface area contributed by atoms with Crippen LogP contribution in [-0.2, 0) is 0 Å². The highest BCUT2D eigenvalue weighted by molar-refractivity contribution is 4.61. The van der Waals surface area contributed by atoms with Crippen LogP contribution < -0.4 is 0 Å². The van der Waals surface area contributed by atoms with Crippen molar-refractivity contribution in [1.29, 1.82) is 0 Å². The number of hydrogen-bond acceptors (Lipinski definition) is 3. The number of rotatable bonds is 0. The standard InChI is InChI=1S/C16O3/c1-2-4-6-8-10-12-18-14-16-19-15-13-17-11-9-7-5-3-1. The molecule has 3 nitrogen and oxygen atoms in total. The molecule has 0 saturated heterocycles. The molecule has 0 aliphatic heterocycles. The van der Waals surface area contributed by atoms with Gasteiger partial charge in [-0.1, -0.05) is 0 Å². The third-order valence-corrected chi connectivity index (χ3v) is 1.05. The Morgan fingerprint density at radius 1 is 0.263 bits per heavy atom. The third-order valence-electron chi connectivity index (χ3n) is 1.05. The summed E-state index contributed by atoms with van der Waals surface area (Å²) in [5, 5.41) is 0. The van der Waals surface area contributed by atoms with E-state index in [0.29, 0.717) is 0 Å². The zero-order valence-corrected chi connectivity index (χ0v) is 9.22. The van der Waals surface area contributed by atoms with E-state index >= 15 is 0 Å². The molecular formula is C16O3. The lowest BCUT2D eigenvalue weighted by Crippen LogP contribution is -1.34. The van der Waals surface area contributed by atoms with Gasteiger partial charge in [-0.3, -0.25) is 0 Å². The molecule has 1 rings (SSSR count). The fourth-order valence-electron chi connectivity index (χ4n) is 0.512. The Hall–Kier alpha value is -4.12. The van der Waals surface area contributed by atoms with Crippen LogP contribution in [-0.4, -0.2) is 0 Å². The second kappa shape index (κ2) is 10.4. The monoisotopic (exact) mass is 240 g/mol. The van der Waals surface area contributed by atoms with Crippen LogP contribution in [0.3, 0.4) is 0 Å². The van der Waals surface area contributed by atoms with Crippen LogP contribution in [0.1, 0.15) is 0 Å². The summed E-state index contributed by atoms with van der Waals surface area (Å²) in [4.78, 5) is 0. The molecule has 3 heteroatoms. The summed E-state index contributed by atoms with van der Waals surface area (Å²) >= 11 is 0. The Kier molecular flexibility index (Phi) is 7.09. The molecule has 0 bridgehead atoms. The molecule has 0 spiro atoms. The predicted octanol–water partition coefficient (Wildman–Crippen LogP) is 1.77. The quantitative estimate of drug-likeness (QED) is 0.693. The lowest BCUT2D eigenvalue weighted by Gasteiger charge is -1.50. The van der Waals surface area contributed by atoms with Gasteiger partial charge in [0.25, 0.3) is 0 Å². The summed E-state index contributed by atoms with van der Waals surface area (Å²) in [5.41, 5.74) is 0. The molecule has 0 aromatic carbocycles. The summed E-state index contributed by atoms with van der Waals surface area (Å²) in [6.45, 7) is 0. The van der Waals surface area contributed by atoms with Gasteiger partial charge in [0.1, 0.15) is 12.5 Å². The van der Waals surface area contributed by atoms with Crippen LogP contribution in [0.5, 0.6) is 0 Å². The maximum absolute atomic E-state index is 4.52. The molecule has 0 N–H and O–H groups in total. The first kappa shape index (κ1) is 12.9. The van der Waals surface area contributed by atoms with Crippen molar-refractivity contribution >= 4 is 0 Å². The normalized spacial score (nSPS) is 4.63. The van der Waals surface area contributed by atoms with Crippen molar-refractivity contribution in [3.05, 3.63) is 98.2 Å². The molecule has 82 valence electrons. The van der Waals surface area contributed by atoms with Crippen molar-refractivity contribution in [3.63, 3.8) is 0 Å². The van der Waals surface area contributed by atoms with Gasteiger partial charge in [0.2, 0.25) is 0 Å². The summed E-state index contributed by atoms with van der Waals surface area (Å²) < 4.78 is 13.5. The minimum absolute atomic E-state index is 2.10. The first-order valence-corrected chi connectivity index (χ1v) is 4.47. The second-order valence-electron chi connectivity index (χ2n) is 2.17. The zero-order valence-electron chi connectivity index (χ0n) is 9.22. The van der Waals surface area contributed by atoms with Gasteiger partial charge in [-0.2, -0.15) is 0 Å². The third kappa shape index (κ3) is 8.85. The average molecular weight is 240 g/mol. The molecule has 0 saturated carbocycles. The summed E-state index contributed by atoms with van der Waals surface area (Å²) in [6, 6.07) is 24.2. The van der Waals surface area contributed by atoms with E-state index in [1.54, 1.807) is 0 Å². The van der Waals surface area contributed by atoms with Crippen LogP contribution in [0.25, 0.3) is 0 Å². The van der Waals surface area contributed by atoms with Crippen LogP contribution >= 0.6 is 0 Å². The van der Waals surface area contributed by atoms with Crippen molar-refractivity contribution < 1.29 is 13.3 Å². The summed E-state index contributed by atoms with van der Waals surface area (Å²) in [6.07, 6.45) is 12.8. The van der Waals surface area contributed by atoms with Gasteiger partial charge >= 0.3 is 0 Å². The molecule has 1 aromatic heterocycles. The predicted molar refractivity (Wildman–Crippen MR) is 55.1 cm³/mol. The average Bonchev–Trinajstić information content (AvgIpc) is 2.43. The first-order chi connectivity index (χ1) is 9.50. The largest absolute Gasteiger partial charge is 0.352 e. The van der Waals surface area contributed by atoms with Gasteiger partial charge in [-0.15, -0.1) is 0 Å². The molecule has 0 radical (unpaired) electrons. The highest BCUT2D eigenvalue weighted by Crippen LogP contribution is 1.57. The van der Waals surface area contributed by atoms with E-state index in [-0.39, 0.29) is 0 Å². The van der Waals surface area contributed by atoms with Gasteiger partial charge in [0.15, 0.2) is 25.1 Å². The van der Waals surface area contributed by atoms with Gasteiger partial charge < -0.3 is 13.3 Å². The van der Waals surface area contributed by atoms with Crippen molar-refractivity contribution in [2.45, 2.75) is 0 Å². The van der Waals surface area contributed by atoms with Crippen molar-refractivity contribution in [2.75, 3.05) is 0 Å². The van der Waals surface area contributed by atoms with Crippen LogP contribution in [0.15, 0.2) is 13.3 Å². The maximum Gasteiger partial charge on any atom is 0.175 e. The van der Waals surface area contributed by atoms with E-state index in [4.69, 9.17) is 0 Å². The minimum Gasteiger partial charge on any atom is -0.352 e. The molecule has 1 heterocycles. The highest BCUT2D eigenvalue weighted by Gasteiger charge is 1.46. The van der Waals surface area contributed by atoms with Gasteiger partial charge in [-0.25, -0.2) is 0 Å². The SMILES string of the molecule is c1c#cc#cc#coc#coc#coc#cc#cc#1. The molecule has 0 fully saturated rings. The smallest absolute Gasteiger partial charge is 0.175 e. The van der Waals surface area contributed by atoms with E-state index in [9.17, 15) is 0 Å². The van der Waals surface area contributed by atoms with Crippen LogP contribution in [0.2, 0.25) is 0 Å². The van der Waals surface area contributed by atoms with Crippen LogP contribution in [0, 0.1) is 98.2 Å². The molecular weight excluding hydrogens is 240 g/mol. The zero-order chi connectivity index (χ0) is 13.4. The molecule has 0 aliphatic carbocycles. The minimum atomic E-state index is 2.10. The van der Waals surface area contributed by atoms with E-state index in [0.717, 1.165) is 0 Å². The van der Waals surface area contributed by atoms with Crippen molar-refractivity contribution in [1.82, 2.24) is 0 Å². The highest BCUT2D eigenvalue weighted by atomic mass is 16.3. The van der Waals surface area contributed by atoms with Gasteiger partial charge in [0, 0.05) is 60.7 Å². The van der Waals surface area contributed by atoms with Gasteiger partial charge in [-0.05, 0) is 0 Å². The van der Waals surface area contributed by atoms with E-state index in [2.05, 4.69) is 111 Å². The lowest BCUT2D eigenvalue weighted by atomic mass is 10.7. The topological polar surface area (TPSA) is 39.4 Å². The maximum atomic E-state index is 4.52.